The maximum absolute atomic E-state index is 4.66. The van der Waals surface area contributed by atoms with Crippen LogP contribution in [0.4, 0.5) is 5.95 Å². The summed E-state index contributed by atoms with van der Waals surface area (Å²) in [7, 11) is 1.94. The summed E-state index contributed by atoms with van der Waals surface area (Å²) >= 11 is 0. The van der Waals surface area contributed by atoms with E-state index in [1.54, 1.807) is 0 Å². The standard InChI is InChI=1S/C16H31N5/c1-6-20(7-2)10-9-11-21(8-3)16-18-13-15(12-17-5)14(4)19-16/h13,17H,6-12H2,1-5H3. The minimum atomic E-state index is 0.820. The van der Waals surface area contributed by atoms with Crippen molar-refractivity contribution < 1.29 is 0 Å². The zero-order valence-electron chi connectivity index (χ0n) is 14.3. The monoisotopic (exact) mass is 293 g/mol. The van der Waals surface area contributed by atoms with E-state index in [1.165, 1.54) is 5.56 Å². The normalized spacial score (nSPS) is 11.1. The van der Waals surface area contributed by atoms with E-state index < -0.39 is 0 Å². The van der Waals surface area contributed by atoms with Crippen LogP contribution in [0, 0.1) is 6.92 Å². The maximum atomic E-state index is 4.66. The van der Waals surface area contributed by atoms with Crippen molar-refractivity contribution in [3.8, 4) is 0 Å². The van der Waals surface area contributed by atoms with Crippen LogP contribution >= 0.6 is 0 Å². The molecule has 0 atom stereocenters. The van der Waals surface area contributed by atoms with Crippen LogP contribution in [-0.2, 0) is 6.54 Å². The van der Waals surface area contributed by atoms with Gasteiger partial charge in [0.2, 0.25) is 5.95 Å². The molecule has 0 aliphatic rings. The number of hydrogen-bond acceptors (Lipinski definition) is 5. The molecule has 0 radical (unpaired) electrons. The van der Waals surface area contributed by atoms with Gasteiger partial charge >= 0.3 is 0 Å². The molecule has 0 saturated carbocycles. The fraction of sp³-hybridized carbons (Fsp3) is 0.750. The first-order valence-electron chi connectivity index (χ1n) is 8.10. The van der Waals surface area contributed by atoms with Crippen LogP contribution in [-0.4, -0.2) is 54.6 Å². The lowest BCUT2D eigenvalue weighted by molar-refractivity contribution is 0.300. The largest absolute Gasteiger partial charge is 0.341 e. The SMILES string of the molecule is CCN(CC)CCCN(CC)c1ncc(CNC)c(C)n1. The first-order valence-corrected chi connectivity index (χ1v) is 8.10. The summed E-state index contributed by atoms with van der Waals surface area (Å²) in [5.41, 5.74) is 2.23. The third-order valence-corrected chi connectivity index (χ3v) is 3.90. The topological polar surface area (TPSA) is 44.3 Å². The number of anilines is 1. The molecule has 0 amide bonds. The molecule has 1 heterocycles. The van der Waals surface area contributed by atoms with Crippen molar-refractivity contribution >= 4 is 5.95 Å². The molecular weight excluding hydrogens is 262 g/mol. The molecule has 21 heavy (non-hydrogen) atoms. The predicted octanol–water partition coefficient (Wildman–Crippen LogP) is 2.06. The summed E-state index contributed by atoms with van der Waals surface area (Å²) in [6.07, 6.45) is 3.09. The molecule has 120 valence electrons. The molecular formula is C16H31N5. The predicted molar refractivity (Wildman–Crippen MR) is 89.8 cm³/mol. The second-order valence-corrected chi connectivity index (χ2v) is 5.27. The fourth-order valence-electron chi connectivity index (χ4n) is 2.42. The summed E-state index contributed by atoms with van der Waals surface area (Å²) in [4.78, 5) is 13.9. The van der Waals surface area contributed by atoms with Crippen LogP contribution < -0.4 is 10.2 Å². The van der Waals surface area contributed by atoms with Gasteiger partial charge in [-0.3, -0.25) is 0 Å². The number of nitrogens with zero attached hydrogens (tertiary/aromatic N) is 4. The van der Waals surface area contributed by atoms with Crippen LogP contribution in [0.25, 0.3) is 0 Å². The van der Waals surface area contributed by atoms with Gasteiger partial charge in [-0.25, -0.2) is 9.97 Å². The Bertz CT molecular complexity index is 404. The Morgan fingerprint density at radius 1 is 1.10 bits per heavy atom. The summed E-state index contributed by atoms with van der Waals surface area (Å²) in [5, 5.41) is 3.15. The Hall–Kier alpha value is -1.20. The highest BCUT2D eigenvalue weighted by molar-refractivity contribution is 5.32. The molecule has 0 spiro atoms. The lowest BCUT2D eigenvalue weighted by Gasteiger charge is -2.24. The molecule has 1 aromatic rings. The minimum absolute atomic E-state index is 0.820. The summed E-state index contributed by atoms with van der Waals surface area (Å²) in [6.45, 7) is 14.8. The molecule has 0 bridgehead atoms. The van der Waals surface area contributed by atoms with Crippen molar-refractivity contribution in [2.24, 2.45) is 0 Å². The molecule has 0 saturated heterocycles. The Morgan fingerprint density at radius 2 is 1.81 bits per heavy atom. The van der Waals surface area contributed by atoms with Crippen molar-refractivity contribution in [3.63, 3.8) is 0 Å². The molecule has 0 unspecified atom stereocenters. The van der Waals surface area contributed by atoms with E-state index in [2.05, 4.69) is 52.8 Å². The van der Waals surface area contributed by atoms with Gasteiger partial charge < -0.3 is 15.1 Å². The highest BCUT2D eigenvalue weighted by Crippen LogP contribution is 2.11. The molecule has 1 rings (SSSR count). The lowest BCUT2D eigenvalue weighted by atomic mass is 10.2. The van der Waals surface area contributed by atoms with E-state index in [0.29, 0.717) is 0 Å². The van der Waals surface area contributed by atoms with Crippen LogP contribution in [0.5, 0.6) is 0 Å². The number of aromatic nitrogens is 2. The van der Waals surface area contributed by atoms with Gasteiger partial charge in [-0.1, -0.05) is 13.8 Å². The van der Waals surface area contributed by atoms with Gasteiger partial charge in [-0.2, -0.15) is 0 Å². The Kier molecular flexibility index (Phi) is 8.23. The maximum Gasteiger partial charge on any atom is 0.225 e. The van der Waals surface area contributed by atoms with Crippen molar-refractivity contribution in [3.05, 3.63) is 17.5 Å². The quantitative estimate of drug-likeness (QED) is 0.715. The van der Waals surface area contributed by atoms with Crippen LogP contribution in [0.2, 0.25) is 0 Å². The third-order valence-electron chi connectivity index (χ3n) is 3.90. The van der Waals surface area contributed by atoms with E-state index in [1.807, 2.05) is 13.2 Å². The fourth-order valence-corrected chi connectivity index (χ4v) is 2.42. The van der Waals surface area contributed by atoms with Crippen molar-refractivity contribution in [2.75, 3.05) is 44.7 Å². The van der Waals surface area contributed by atoms with E-state index in [0.717, 1.165) is 57.3 Å². The Labute approximate surface area is 129 Å². The third kappa shape index (κ3) is 5.59. The van der Waals surface area contributed by atoms with Crippen molar-refractivity contribution in [1.29, 1.82) is 0 Å². The number of rotatable bonds is 10. The molecule has 5 heteroatoms. The van der Waals surface area contributed by atoms with Crippen molar-refractivity contribution in [2.45, 2.75) is 40.7 Å². The number of nitrogens with one attached hydrogen (secondary N) is 1. The minimum Gasteiger partial charge on any atom is -0.341 e. The van der Waals surface area contributed by atoms with E-state index in [4.69, 9.17) is 0 Å². The van der Waals surface area contributed by atoms with Gasteiger partial charge in [0.25, 0.3) is 0 Å². The Morgan fingerprint density at radius 3 is 2.33 bits per heavy atom. The lowest BCUT2D eigenvalue weighted by Crippen LogP contribution is -2.31. The van der Waals surface area contributed by atoms with Gasteiger partial charge in [-0.05, 0) is 47.0 Å². The average Bonchev–Trinajstić information content (AvgIpc) is 2.50. The zero-order chi connectivity index (χ0) is 15.7. The second kappa shape index (κ2) is 9.68. The van der Waals surface area contributed by atoms with Gasteiger partial charge in [0.15, 0.2) is 0 Å². The van der Waals surface area contributed by atoms with E-state index in [-0.39, 0.29) is 0 Å². The molecule has 0 aliphatic carbocycles. The molecule has 1 N–H and O–H groups in total. The first-order chi connectivity index (χ1) is 10.2. The molecule has 0 aromatic carbocycles. The smallest absolute Gasteiger partial charge is 0.225 e. The van der Waals surface area contributed by atoms with E-state index >= 15 is 0 Å². The van der Waals surface area contributed by atoms with Crippen LogP contribution in [0.15, 0.2) is 6.20 Å². The number of aryl methyl sites for hydroxylation is 1. The van der Waals surface area contributed by atoms with Gasteiger partial charge in [0, 0.05) is 37.1 Å². The van der Waals surface area contributed by atoms with Gasteiger partial charge in [0.1, 0.15) is 0 Å². The molecule has 1 aromatic heterocycles. The van der Waals surface area contributed by atoms with E-state index in [9.17, 15) is 0 Å². The second-order valence-electron chi connectivity index (χ2n) is 5.27. The first kappa shape index (κ1) is 17.9. The zero-order valence-corrected chi connectivity index (χ0v) is 14.3. The molecule has 5 nitrogen and oxygen atoms in total. The highest BCUT2D eigenvalue weighted by atomic mass is 15.2. The van der Waals surface area contributed by atoms with Crippen LogP contribution in [0.1, 0.15) is 38.4 Å². The highest BCUT2D eigenvalue weighted by Gasteiger charge is 2.10. The van der Waals surface area contributed by atoms with Crippen LogP contribution in [0.3, 0.4) is 0 Å². The summed E-state index contributed by atoms with van der Waals surface area (Å²) < 4.78 is 0. The molecule has 0 fully saturated rings. The Balaban J connectivity index is 2.61. The molecule has 0 aliphatic heterocycles. The summed E-state index contributed by atoms with van der Waals surface area (Å²) in [6, 6.07) is 0. The summed E-state index contributed by atoms with van der Waals surface area (Å²) in [5.74, 6) is 0.856. The number of hydrogen-bond donors (Lipinski definition) is 1. The van der Waals surface area contributed by atoms with Gasteiger partial charge in [0.05, 0.1) is 0 Å². The van der Waals surface area contributed by atoms with Crippen molar-refractivity contribution in [1.82, 2.24) is 20.2 Å². The average molecular weight is 293 g/mol. The van der Waals surface area contributed by atoms with Gasteiger partial charge in [-0.15, -0.1) is 0 Å².